The molecule has 2 fully saturated rings. The number of halogens is 1. The van der Waals surface area contributed by atoms with Crippen LogP contribution in [0.4, 0.5) is 10.1 Å². The number of carbonyl (C=O) groups is 1. The number of aromatic nitrogens is 4. The van der Waals surface area contributed by atoms with Crippen molar-refractivity contribution in [2.75, 3.05) is 31.1 Å². The number of carboxylic acid groups (broad SMARTS) is 1. The van der Waals surface area contributed by atoms with Crippen molar-refractivity contribution < 1.29 is 14.3 Å². The van der Waals surface area contributed by atoms with Gasteiger partial charge in [-0.2, -0.15) is 15.4 Å². The van der Waals surface area contributed by atoms with E-state index < -0.39 is 17.2 Å². The highest BCUT2D eigenvalue weighted by atomic mass is 19.1. The van der Waals surface area contributed by atoms with Crippen molar-refractivity contribution in [1.29, 1.82) is 0 Å². The third kappa shape index (κ3) is 2.33. The summed E-state index contributed by atoms with van der Waals surface area (Å²) in [5.74, 6) is -1.88. The van der Waals surface area contributed by atoms with Gasteiger partial charge in [-0.1, -0.05) is 0 Å². The Balaban J connectivity index is 1.93. The average molecular weight is 372 g/mol. The van der Waals surface area contributed by atoms with Gasteiger partial charge in [-0.25, -0.2) is 9.18 Å². The summed E-state index contributed by atoms with van der Waals surface area (Å²) >= 11 is 0. The molecule has 3 heterocycles. The highest BCUT2D eigenvalue weighted by Gasteiger charge is 2.32. The molecule has 0 atom stereocenters. The Morgan fingerprint density at radius 3 is 2.59 bits per heavy atom. The molecule has 2 aromatic heterocycles. The van der Waals surface area contributed by atoms with Gasteiger partial charge in [0.05, 0.1) is 10.9 Å². The smallest absolute Gasteiger partial charge is 0.341 e. The molecule has 2 aliphatic rings. The molecule has 1 saturated heterocycles. The van der Waals surface area contributed by atoms with E-state index in [0.29, 0.717) is 31.9 Å². The molecule has 140 valence electrons. The van der Waals surface area contributed by atoms with E-state index in [2.05, 4.69) is 20.7 Å². The molecule has 0 bridgehead atoms. The van der Waals surface area contributed by atoms with Crippen molar-refractivity contribution in [3.63, 3.8) is 0 Å². The van der Waals surface area contributed by atoms with E-state index in [1.54, 1.807) is 4.57 Å². The number of aromatic carboxylic acids is 1. The number of hydrogen-bond donors (Lipinski definition) is 3. The maximum atomic E-state index is 15.8. The van der Waals surface area contributed by atoms with Crippen LogP contribution in [0.25, 0.3) is 21.9 Å². The maximum Gasteiger partial charge on any atom is 0.341 e. The van der Waals surface area contributed by atoms with Crippen LogP contribution in [0.3, 0.4) is 0 Å². The van der Waals surface area contributed by atoms with Gasteiger partial charge in [0.25, 0.3) is 0 Å². The van der Waals surface area contributed by atoms with E-state index in [9.17, 15) is 14.7 Å². The number of rotatable bonds is 3. The van der Waals surface area contributed by atoms with Crippen LogP contribution < -0.4 is 15.6 Å². The molecule has 1 aliphatic carbocycles. The van der Waals surface area contributed by atoms with E-state index in [-0.39, 0.29) is 33.5 Å². The van der Waals surface area contributed by atoms with Crippen LogP contribution in [0.5, 0.6) is 0 Å². The molecule has 10 heteroatoms. The fourth-order valence-corrected chi connectivity index (χ4v) is 3.83. The van der Waals surface area contributed by atoms with Crippen LogP contribution in [-0.4, -0.2) is 57.2 Å². The predicted molar refractivity (Wildman–Crippen MR) is 95.9 cm³/mol. The van der Waals surface area contributed by atoms with Gasteiger partial charge in [0, 0.05) is 38.4 Å². The summed E-state index contributed by atoms with van der Waals surface area (Å²) in [5, 5.41) is 23.3. The lowest BCUT2D eigenvalue weighted by Crippen LogP contribution is -2.44. The Bertz CT molecular complexity index is 1140. The molecule has 0 spiro atoms. The highest BCUT2D eigenvalue weighted by Crippen LogP contribution is 2.41. The lowest BCUT2D eigenvalue weighted by atomic mass is 10.1. The highest BCUT2D eigenvalue weighted by molar-refractivity contribution is 6.10. The average Bonchev–Trinajstić information content (AvgIpc) is 3.40. The van der Waals surface area contributed by atoms with Crippen molar-refractivity contribution in [3.8, 4) is 0 Å². The van der Waals surface area contributed by atoms with E-state index in [4.69, 9.17) is 0 Å². The summed E-state index contributed by atoms with van der Waals surface area (Å²) in [4.78, 5) is 26.3. The third-order valence-electron chi connectivity index (χ3n) is 5.26. The van der Waals surface area contributed by atoms with Gasteiger partial charge >= 0.3 is 5.97 Å². The first-order valence-corrected chi connectivity index (χ1v) is 8.87. The van der Waals surface area contributed by atoms with E-state index in [0.717, 1.165) is 12.8 Å². The number of aromatic amines is 1. The first kappa shape index (κ1) is 16.2. The molecule has 0 amide bonds. The SMILES string of the molecule is O=C(O)c1cn(C2CC2)c2c(F)c(N3CCNCC3)c3n[nH]nc3c2c1=O. The van der Waals surface area contributed by atoms with Crippen molar-refractivity contribution in [1.82, 2.24) is 25.3 Å². The van der Waals surface area contributed by atoms with Crippen molar-refractivity contribution in [2.45, 2.75) is 18.9 Å². The lowest BCUT2D eigenvalue weighted by Gasteiger charge is -2.30. The van der Waals surface area contributed by atoms with Gasteiger partial charge in [0.15, 0.2) is 5.82 Å². The third-order valence-corrected chi connectivity index (χ3v) is 5.26. The van der Waals surface area contributed by atoms with Gasteiger partial charge in [0.1, 0.15) is 22.3 Å². The molecular formula is C17H17FN6O3. The molecule has 27 heavy (non-hydrogen) atoms. The van der Waals surface area contributed by atoms with Crippen molar-refractivity contribution >= 4 is 33.6 Å². The van der Waals surface area contributed by atoms with E-state index in [1.807, 2.05) is 4.90 Å². The normalized spacial score (nSPS) is 17.7. The Kier molecular flexibility index (Phi) is 3.44. The van der Waals surface area contributed by atoms with Crippen molar-refractivity contribution in [3.05, 3.63) is 27.8 Å². The van der Waals surface area contributed by atoms with Crippen LogP contribution in [0.1, 0.15) is 29.2 Å². The number of pyridine rings is 1. The number of hydrogen-bond acceptors (Lipinski definition) is 6. The monoisotopic (exact) mass is 372 g/mol. The first-order valence-electron chi connectivity index (χ1n) is 8.87. The summed E-state index contributed by atoms with van der Waals surface area (Å²) in [5.41, 5.74) is -0.231. The van der Waals surface area contributed by atoms with Crippen LogP contribution in [0, 0.1) is 5.82 Å². The van der Waals surface area contributed by atoms with E-state index in [1.165, 1.54) is 6.20 Å². The summed E-state index contributed by atoms with van der Waals surface area (Å²) in [7, 11) is 0. The zero-order valence-electron chi connectivity index (χ0n) is 14.3. The number of nitrogens with zero attached hydrogens (tertiary/aromatic N) is 4. The lowest BCUT2D eigenvalue weighted by molar-refractivity contribution is 0.0695. The fraction of sp³-hybridized carbons (Fsp3) is 0.412. The minimum Gasteiger partial charge on any atom is -0.477 e. The fourth-order valence-electron chi connectivity index (χ4n) is 3.83. The Morgan fingerprint density at radius 2 is 1.93 bits per heavy atom. The van der Waals surface area contributed by atoms with Gasteiger partial charge < -0.3 is 19.9 Å². The molecule has 5 rings (SSSR count). The molecule has 9 nitrogen and oxygen atoms in total. The Labute approximate surface area is 151 Å². The van der Waals surface area contributed by atoms with Crippen LogP contribution in [0.2, 0.25) is 0 Å². The summed E-state index contributed by atoms with van der Waals surface area (Å²) in [6.07, 6.45) is 2.90. The second kappa shape index (κ2) is 5.74. The summed E-state index contributed by atoms with van der Waals surface area (Å²) in [6, 6.07) is -0.0130. The van der Waals surface area contributed by atoms with Crippen LogP contribution in [0.15, 0.2) is 11.0 Å². The van der Waals surface area contributed by atoms with Crippen LogP contribution in [-0.2, 0) is 0 Å². The Hall–Kier alpha value is -3.01. The van der Waals surface area contributed by atoms with Gasteiger partial charge in [-0.3, -0.25) is 4.79 Å². The maximum absolute atomic E-state index is 15.8. The molecule has 3 aromatic rings. The molecule has 1 aromatic carbocycles. The largest absolute Gasteiger partial charge is 0.477 e. The van der Waals surface area contributed by atoms with Gasteiger partial charge in [-0.15, -0.1) is 0 Å². The summed E-state index contributed by atoms with van der Waals surface area (Å²) < 4.78 is 17.4. The number of anilines is 1. The molecule has 0 unspecified atom stereocenters. The zero-order chi connectivity index (χ0) is 18.7. The predicted octanol–water partition coefficient (Wildman–Crippen LogP) is 0.855. The van der Waals surface area contributed by atoms with E-state index >= 15 is 4.39 Å². The quantitative estimate of drug-likeness (QED) is 0.624. The molecule has 0 radical (unpaired) electrons. The first-order chi connectivity index (χ1) is 13.1. The number of carboxylic acids is 1. The Morgan fingerprint density at radius 1 is 1.22 bits per heavy atom. The topological polar surface area (TPSA) is 116 Å². The number of nitrogens with one attached hydrogen (secondary N) is 2. The second-order valence-corrected chi connectivity index (χ2v) is 6.96. The van der Waals surface area contributed by atoms with Crippen molar-refractivity contribution in [2.24, 2.45) is 0 Å². The number of H-pyrrole nitrogens is 1. The van der Waals surface area contributed by atoms with Gasteiger partial charge in [0.2, 0.25) is 5.43 Å². The second-order valence-electron chi connectivity index (χ2n) is 6.96. The number of benzene rings is 1. The molecule has 3 N–H and O–H groups in total. The van der Waals surface area contributed by atoms with Gasteiger partial charge in [-0.05, 0) is 12.8 Å². The number of piperazine rings is 1. The summed E-state index contributed by atoms with van der Waals surface area (Å²) in [6.45, 7) is 2.63. The minimum absolute atomic E-state index is 0.0130. The molecule has 1 saturated carbocycles. The zero-order valence-corrected chi connectivity index (χ0v) is 14.3. The van der Waals surface area contributed by atoms with Crippen LogP contribution >= 0.6 is 0 Å². The number of fused-ring (bicyclic) bond motifs is 3. The minimum atomic E-state index is -1.33. The molecular weight excluding hydrogens is 355 g/mol. The molecule has 1 aliphatic heterocycles. The standard InChI is InChI=1S/C17H17FN6O3/c18-11-14-10(16(25)9(17(26)27)7-24(14)8-1-2-8)12-13(21-22-20-12)15(11)23-5-3-19-4-6-23/h7-8,19H,1-6H2,(H,26,27)(H,20,21,22).